The fraction of sp³-hybridized carbons (Fsp3) is 0.0625. The highest BCUT2D eigenvalue weighted by Gasteiger charge is 2.10. The Morgan fingerprint density at radius 2 is 2.10 bits per heavy atom. The van der Waals surface area contributed by atoms with E-state index in [1.165, 1.54) is 0 Å². The number of hydrogen-bond donors (Lipinski definition) is 1. The highest BCUT2D eigenvalue weighted by molar-refractivity contribution is 7.16. The number of thiazole rings is 1. The van der Waals surface area contributed by atoms with Gasteiger partial charge in [-0.05, 0) is 18.2 Å². The second-order valence-corrected chi connectivity index (χ2v) is 6.03. The Morgan fingerprint density at radius 1 is 1.19 bits per heavy atom. The van der Waals surface area contributed by atoms with Crippen molar-refractivity contribution >= 4 is 49.8 Å². The largest absolute Gasteiger partial charge is 0.464 e. The summed E-state index contributed by atoms with van der Waals surface area (Å²) in [6, 6.07) is 11.9. The maximum atomic E-state index is 6.30. The van der Waals surface area contributed by atoms with E-state index < -0.39 is 0 Å². The van der Waals surface area contributed by atoms with E-state index in [1.807, 2.05) is 35.8 Å². The zero-order chi connectivity index (χ0) is 14.2. The van der Waals surface area contributed by atoms with Crippen molar-refractivity contribution in [2.24, 2.45) is 0 Å². The molecule has 0 saturated carbocycles. The molecule has 0 aliphatic heterocycles. The lowest BCUT2D eigenvalue weighted by Crippen LogP contribution is -2.00. The predicted octanol–water partition coefficient (Wildman–Crippen LogP) is 5.31. The molecule has 0 saturated heterocycles. The summed E-state index contributed by atoms with van der Waals surface area (Å²) in [7, 11) is 0. The van der Waals surface area contributed by atoms with Gasteiger partial charge in [-0.15, -0.1) is 11.3 Å². The number of furan rings is 1. The minimum Gasteiger partial charge on any atom is -0.464 e. The topological polar surface area (TPSA) is 38.1 Å². The molecule has 0 atom stereocenters. The van der Waals surface area contributed by atoms with Gasteiger partial charge in [0, 0.05) is 17.5 Å². The summed E-state index contributed by atoms with van der Waals surface area (Å²) in [4.78, 5) is 4.39. The van der Waals surface area contributed by atoms with E-state index in [0.29, 0.717) is 11.6 Å². The molecule has 4 rings (SSSR count). The van der Waals surface area contributed by atoms with E-state index in [4.69, 9.17) is 16.0 Å². The molecule has 0 aliphatic carbocycles. The van der Waals surface area contributed by atoms with Crippen molar-refractivity contribution in [2.45, 2.75) is 6.54 Å². The van der Waals surface area contributed by atoms with Crippen molar-refractivity contribution in [3.05, 3.63) is 58.8 Å². The first-order valence-electron chi connectivity index (χ1n) is 6.53. The van der Waals surface area contributed by atoms with Crippen LogP contribution in [0.1, 0.15) is 5.56 Å². The maximum Gasteiger partial charge on any atom is 0.134 e. The number of aromatic nitrogens is 1. The van der Waals surface area contributed by atoms with Gasteiger partial charge in [0.05, 0.1) is 27.2 Å². The Balaban J connectivity index is 1.69. The fourth-order valence-corrected chi connectivity index (χ4v) is 3.33. The van der Waals surface area contributed by atoms with Crippen molar-refractivity contribution in [1.82, 2.24) is 4.98 Å². The Hall–Kier alpha value is -2.04. The number of nitrogens with one attached hydrogen (secondary N) is 1. The minimum atomic E-state index is 0.646. The van der Waals surface area contributed by atoms with Crippen LogP contribution in [0.3, 0.4) is 0 Å². The van der Waals surface area contributed by atoms with E-state index in [1.54, 1.807) is 17.6 Å². The second-order valence-electron chi connectivity index (χ2n) is 4.73. The van der Waals surface area contributed by atoms with Crippen molar-refractivity contribution in [3.8, 4) is 0 Å². The smallest absolute Gasteiger partial charge is 0.134 e. The highest BCUT2D eigenvalue weighted by atomic mass is 35.5. The average Bonchev–Trinajstić information content (AvgIpc) is 3.13. The Labute approximate surface area is 130 Å². The summed E-state index contributed by atoms with van der Waals surface area (Å²) in [6.07, 6.45) is 1.78. The van der Waals surface area contributed by atoms with Gasteiger partial charge in [0.2, 0.25) is 0 Å². The van der Waals surface area contributed by atoms with Gasteiger partial charge in [-0.3, -0.25) is 0 Å². The van der Waals surface area contributed by atoms with E-state index in [2.05, 4.69) is 16.4 Å². The normalized spacial score (nSPS) is 11.3. The van der Waals surface area contributed by atoms with Gasteiger partial charge in [0.15, 0.2) is 0 Å². The van der Waals surface area contributed by atoms with Gasteiger partial charge < -0.3 is 9.73 Å². The molecule has 0 unspecified atom stereocenters. The number of hydrogen-bond acceptors (Lipinski definition) is 4. The molecular weight excluding hydrogens is 304 g/mol. The van der Waals surface area contributed by atoms with Gasteiger partial charge in [-0.25, -0.2) is 4.98 Å². The summed E-state index contributed by atoms with van der Waals surface area (Å²) in [5.41, 5.74) is 5.63. The van der Waals surface area contributed by atoms with Crippen molar-refractivity contribution in [1.29, 1.82) is 0 Å². The van der Waals surface area contributed by atoms with E-state index >= 15 is 0 Å². The van der Waals surface area contributed by atoms with E-state index in [9.17, 15) is 0 Å². The fourth-order valence-electron chi connectivity index (χ4n) is 2.43. The number of anilines is 1. The molecule has 0 fully saturated rings. The molecule has 1 N–H and O–H groups in total. The third-order valence-corrected chi connectivity index (χ3v) is 4.58. The molecule has 5 heteroatoms. The van der Waals surface area contributed by atoms with Crippen LogP contribution < -0.4 is 5.32 Å². The first kappa shape index (κ1) is 12.7. The van der Waals surface area contributed by atoms with Crippen LogP contribution in [0.2, 0.25) is 5.02 Å². The van der Waals surface area contributed by atoms with Crippen LogP contribution in [0, 0.1) is 0 Å². The van der Waals surface area contributed by atoms with Crippen molar-refractivity contribution < 1.29 is 4.42 Å². The van der Waals surface area contributed by atoms with Gasteiger partial charge in [-0.1, -0.05) is 29.8 Å². The molecule has 0 bridgehead atoms. The zero-order valence-corrected chi connectivity index (χ0v) is 12.5. The third-order valence-electron chi connectivity index (χ3n) is 3.47. The first-order chi connectivity index (χ1) is 10.3. The molecule has 3 nitrogen and oxygen atoms in total. The number of para-hydroxylation sites is 1. The number of halogens is 1. The van der Waals surface area contributed by atoms with Crippen LogP contribution in [0.25, 0.3) is 21.2 Å². The van der Waals surface area contributed by atoms with Crippen LogP contribution >= 0.6 is 22.9 Å². The lowest BCUT2D eigenvalue weighted by Gasteiger charge is -2.08. The summed E-state index contributed by atoms with van der Waals surface area (Å²) in [5, 5.41) is 5.19. The molecule has 2 heterocycles. The molecule has 0 spiro atoms. The molecule has 0 amide bonds. The lowest BCUT2D eigenvalue weighted by atomic mass is 10.1. The zero-order valence-electron chi connectivity index (χ0n) is 11.0. The lowest BCUT2D eigenvalue weighted by molar-refractivity contribution is 0.611. The van der Waals surface area contributed by atoms with E-state index in [0.717, 1.165) is 32.4 Å². The van der Waals surface area contributed by atoms with Crippen molar-refractivity contribution in [3.63, 3.8) is 0 Å². The summed E-state index contributed by atoms with van der Waals surface area (Å²) in [5.74, 6) is 0. The molecule has 2 aromatic heterocycles. The quantitative estimate of drug-likeness (QED) is 0.557. The monoisotopic (exact) mass is 314 g/mol. The third kappa shape index (κ3) is 2.17. The van der Waals surface area contributed by atoms with Gasteiger partial charge in [0.1, 0.15) is 11.1 Å². The Kier molecular flexibility index (Phi) is 3.05. The second kappa shape index (κ2) is 5.06. The van der Waals surface area contributed by atoms with E-state index in [-0.39, 0.29) is 0 Å². The summed E-state index contributed by atoms with van der Waals surface area (Å²) >= 11 is 7.91. The predicted molar refractivity (Wildman–Crippen MR) is 88.2 cm³/mol. The van der Waals surface area contributed by atoms with Crippen LogP contribution in [-0.4, -0.2) is 4.98 Å². The number of rotatable bonds is 3. The van der Waals surface area contributed by atoms with Crippen LogP contribution in [-0.2, 0) is 6.54 Å². The molecule has 0 radical (unpaired) electrons. The van der Waals surface area contributed by atoms with Crippen LogP contribution in [0.5, 0.6) is 0 Å². The number of benzene rings is 2. The maximum absolute atomic E-state index is 6.30. The standard InChI is InChI=1S/C16H11ClN2OS/c17-12-5-6-14-16(19-9-21-14)15(12)18-7-10-8-20-13-4-2-1-3-11(10)13/h1-6,8-9,18H,7H2. The molecule has 2 aromatic carbocycles. The van der Waals surface area contributed by atoms with Crippen molar-refractivity contribution in [2.75, 3.05) is 5.32 Å². The number of fused-ring (bicyclic) bond motifs is 2. The molecule has 4 aromatic rings. The molecular formula is C16H11ClN2OS. The molecule has 104 valence electrons. The minimum absolute atomic E-state index is 0.646. The summed E-state index contributed by atoms with van der Waals surface area (Å²) in [6.45, 7) is 0.646. The van der Waals surface area contributed by atoms with Gasteiger partial charge in [-0.2, -0.15) is 0 Å². The number of nitrogens with zero attached hydrogens (tertiary/aromatic N) is 1. The SMILES string of the molecule is Clc1ccc2scnc2c1NCc1coc2ccccc12. The Morgan fingerprint density at radius 3 is 3.05 bits per heavy atom. The summed E-state index contributed by atoms with van der Waals surface area (Å²) < 4.78 is 6.68. The average molecular weight is 315 g/mol. The highest BCUT2D eigenvalue weighted by Crippen LogP contribution is 2.33. The first-order valence-corrected chi connectivity index (χ1v) is 7.79. The molecule has 21 heavy (non-hydrogen) atoms. The van der Waals surface area contributed by atoms with Crippen LogP contribution in [0.4, 0.5) is 5.69 Å². The van der Waals surface area contributed by atoms with Gasteiger partial charge >= 0.3 is 0 Å². The van der Waals surface area contributed by atoms with Gasteiger partial charge in [0.25, 0.3) is 0 Å². The Bertz CT molecular complexity index is 928. The molecule has 0 aliphatic rings. The van der Waals surface area contributed by atoms with Crippen LogP contribution in [0.15, 0.2) is 52.6 Å².